The third-order valence-corrected chi connectivity index (χ3v) is 4.06. The summed E-state index contributed by atoms with van der Waals surface area (Å²) in [5.74, 6) is -0.596. The summed E-state index contributed by atoms with van der Waals surface area (Å²) in [5, 5.41) is 0.102. The molecule has 0 bridgehead atoms. The van der Waals surface area contributed by atoms with Gasteiger partial charge in [-0.2, -0.15) is 0 Å². The fourth-order valence-corrected chi connectivity index (χ4v) is 3.05. The highest BCUT2D eigenvalue weighted by molar-refractivity contribution is 6.32. The SMILES string of the molecule is Cc1cc(C)c(C(=O)OCc2cc(=O)n3c(C)cccc3n2)c(Cl)n1. The molecule has 0 saturated carbocycles. The van der Waals surface area contributed by atoms with Crippen LogP contribution >= 0.6 is 11.6 Å². The van der Waals surface area contributed by atoms with E-state index in [9.17, 15) is 9.59 Å². The number of ether oxygens (including phenoxy) is 1. The van der Waals surface area contributed by atoms with Gasteiger partial charge in [-0.15, -0.1) is 0 Å². The molecule has 3 rings (SSSR count). The Morgan fingerprint density at radius 3 is 2.68 bits per heavy atom. The summed E-state index contributed by atoms with van der Waals surface area (Å²) in [6, 6.07) is 8.48. The zero-order valence-electron chi connectivity index (χ0n) is 14.0. The second-order valence-corrected chi connectivity index (χ2v) is 6.13. The Balaban J connectivity index is 1.86. The summed E-state index contributed by atoms with van der Waals surface area (Å²) in [4.78, 5) is 33.0. The van der Waals surface area contributed by atoms with Crippen LogP contribution in [0.2, 0.25) is 5.15 Å². The smallest absolute Gasteiger partial charge is 0.341 e. The number of esters is 1. The number of hydrogen-bond donors (Lipinski definition) is 0. The first-order valence-corrected chi connectivity index (χ1v) is 8.04. The van der Waals surface area contributed by atoms with Gasteiger partial charge in [-0.1, -0.05) is 17.7 Å². The van der Waals surface area contributed by atoms with Gasteiger partial charge in [0.25, 0.3) is 5.56 Å². The van der Waals surface area contributed by atoms with E-state index in [-0.39, 0.29) is 22.9 Å². The van der Waals surface area contributed by atoms with E-state index in [0.29, 0.717) is 16.9 Å². The van der Waals surface area contributed by atoms with Crippen LogP contribution in [-0.4, -0.2) is 20.3 Å². The van der Waals surface area contributed by atoms with Crippen LogP contribution in [0.15, 0.2) is 35.1 Å². The average molecular weight is 358 g/mol. The van der Waals surface area contributed by atoms with Gasteiger partial charge in [-0.3, -0.25) is 9.20 Å². The molecule has 0 atom stereocenters. The second-order valence-electron chi connectivity index (χ2n) is 5.77. The van der Waals surface area contributed by atoms with Crippen LogP contribution in [0.25, 0.3) is 5.65 Å². The first-order chi connectivity index (χ1) is 11.9. The van der Waals surface area contributed by atoms with Crippen LogP contribution in [0.5, 0.6) is 0 Å². The minimum atomic E-state index is -0.596. The lowest BCUT2D eigenvalue weighted by Crippen LogP contribution is -2.18. The minimum absolute atomic E-state index is 0.102. The van der Waals surface area contributed by atoms with Gasteiger partial charge in [0.05, 0.1) is 11.3 Å². The molecule has 0 aliphatic carbocycles. The summed E-state index contributed by atoms with van der Waals surface area (Å²) < 4.78 is 6.77. The zero-order valence-corrected chi connectivity index (χ0v) is 14.8. The minimum Gasteiger partial charge on any atom is -0.455 e. The number of pyridine rings is 2. The number of hydrogen-bond acceptors (Lipinski definition) is 5. The topological polar surface area (TPSA) is 73.6 Å². The number of carbonyl (C=O) groups excluding carboxylic acids is 1. The van der Waals surface area contributed by atoms with Crippen LogP contribution < -0.4 is 5.56 Å². The molecule has 0 radical (unpaired) electrons. The number of halogens is 1. The molecule has 0 aliphatic rings. The number of rotatable bonds is 3. The van der Waals surface area contributed by atoms with Crippen molar-refractivity contribution in [2.75, 3.05) is 0 Å². The molecule has 25 heavy (non-hydrogen) atoms. The molecule has 3 heterocycles. The maximum absolute atomic E-state index is 12.3. The van der Waals surface area contributed by atoms with Crippen LogP contribution in [-0.2, 0) is 11.3 Å². The van der Waals surface area contributed by atoms with Gasteiger partial charge < -0.3 is 4.74 Å². The number of carbonyl (C=O) groups is 1. The Morgan fingerprint density at radius 2 is 1.96 bits per heavy atom. The number of fused-ring (bicyclic) bond motifs is 1. The number of aryl methyl sites for hydroxylation is 3. The van der Waals surface area contributed by atoms with E-state index in [1.165, 1.54) is 10.5 Å². The molecule has 6 nitrogen and oxygen atoms in total. The van der Waals surface area contributed by atoms with Crippen LogP contribution in [0, 0.1) is 20.8 Å². The van der Waals surface area contributed by atoms with Crippen molar-refractivity contribution in [1.29, 1.82) is 0 Å². The molecule has 7 heteroatoms. The van der Waals surface area contributed by atoms with Crippen molar-refractivity contribution in [1.82, 2.24) is 14.4 Å². The van der Waals surface area contributed by atoms with Crippen LogP contribution in [0.1, 0.15) is 33.0 Å². The van der Waals surface area contributed by atoms with Gasteiger partial charge in [0, 0.05) is 17.5 Å². The Kier molecular flexibility index (Phi) is 4.55. The first kappa shape index (κ1) is 17.1. The quantitative estimate of drug-likeness (QED) is 0.532. The highest BCUT2D eigenvalue weighted by Gasteiger charge is 2.17. The summed E-state index contributed by atoms with van der Waals surface area (Å²) >= 11 is 6.05. The van der Waals surface area contributed by atoms with Crippen molar-refractivity contribution in [2.24, 2.45) is 0 Å². The van der Waals surface area contributed by atoms with Crippen molar-refractivity contribution in [3.63, 3.8) is 0 Å². The molecular formula is C18H16ClN3O3. The molecule has 0 aliphatic heterocycles. The lowest BCUT2D eigenvalue weighted by atomic mass is 10.1. The molecular weight excluding hydrogens is 342 g/mol. The van der Waals surface area contributed by atoms with E-state index in [1.54, 1.807) is 26.0 Å². The fourth-order valence-electron chi connectivity index (χ4n) is 2.69. The zero-order chi connectivity index (χ0) is 18.1. The molecule has 0 fully saturated rings. The Labute approximate surface area is 149 Å². The summed E-state index contributed by atoms with van der Waals surface area (Å²) in [6.07, 6.45) is 0. The molecule has 128 valence electrons. The third kappa shape index (κ3) is 3.39. The maximum Gasteiger partial charge on any atom is 0.341 e. The van der Waals surface area contributed by atoms with Crippen molar-refractivity contribution >= 4 is 23.2 Å². The van der Waals surface area contributed by atoms with Crippen LogP contribution in [0.4, 0.5) is 0 Å². The van der Waals surface area contributed by atoms with Crippen molar-refractivity contribution in [3.8, 4) is 0 Å². The Hall–Kier alpha value is -2.73. The van der Waals surface area contributed by atoms with Gasteiger partial charge >= 0.3 is 5.97 Å². The monoisotopic (exact) mass is 357 g/mol. The van der Waals surface area contributed by atoms with E-state index in [0.717, 1.165) is 11.4 Å². The molecule has 0 spiro atoms. The first-order valence-electron chi connectivity index (χ1n) is 7.66. The normalized spacial score (nSPS) is 10.9. The lowest BCUT2D eigenvalue weighted by Gasteiger charge is -2.10. The predicted molar refractivity (Wildman–Crippen MR) is 94.0 cm³/mol. The fraction of sp³-hybridized carbons (Fsp3) is 0.222. The summed E-state index contributed by atoms with van der Waals surface area (Å²) in [6.45, 7) is 5.26. The highest BCUT2D eigenvalue weighted by Crippen LogP contribution is 2.20. The van der Waals surface area contributed by atoms with Crippen molar-refractivity contribution < 1.29 is 9.53 Å². The highest BCUT2D eigenvalue weighted by atomic mass is 35.5. The largest absolute Gasteiger partial charge is 0.455 e. The molecule has 0 saturated heterocycles. The van der Waals surface area contributed by atoms with Gasteiger partial charge in [-0.05, 0) is 44.5 Å². The molecule has 3 aromatic rings. The molecule has 0 amide bonds. The van der Waals surface area contributed by atoms with E-state index in [1.807, 2.05) is 19.1 Å². The number of nitrogens with zero attached hydrogens (tertiary/aromatic N) is 3. The van der Waals surface area contributed by atoms with Gasteiger partial charge in [0.1, 0.15) is 17.4 Å². The predicted octanol–water partition coefficient (Wildman–Crippen LogP) is 3.03. The van der Waals surface area contributed by atoms with Crippen molar-refractivity contribution in [2.45, 2.75) is 27.4 Å². The van der Waals surface area contributed by atoms with E-state index >= 15 is 0 Å². The van der Waals surface area contributed by atoms with E-state index in [4.69, 9.17) is 16.3 Å². The van der Waals surface area contributed by atoms with Gasteiger partial charge in [0.15, 0.2) is 0 Å². The summed E-state index contributed by atoms with van der Waals surface area (Å²) in [7, 11) is 0. The van der Waals surface area contributed by atoms with Crippen molar-refractivity contribution in [3.05, 3.63) is 74.0 Å². The summed E-state index contributed by atoms with van der Waals surface area (Å²) in [5.41, 5.74) is 3.07. The Bertz CT molecular complexity index is 1020. The molecule has 0 unspecified atom stereocenters. The standard InChI is InChI=1S/C18H16ClN3O3/c1-10-7-11(2)20-17(19)16(10)18(24)25-9-13-8-15(23)22-12(3)5-4-6-14(22)21-13/h4-8H,9H2,1-3H3. The Morgan fingerprint density at radius 1 is 1.20 bits per heavy atom. The lowest BCUT2D eigenvalue weighted by molar-refractivity contribution is 0.0466. The van der Waals surface area contributed by atoms with E-state index in [2.05, 4.69) is 9.97 Å². The molecule has 3 aromatic heterocycles. The van der Waals surface area contributed by atoms with Gasteiger partial charge in [-0.25, -0.2) is 14.8 Å². The van der Waals surface area contributed by atoms with Gasteiger partial charge in [0.2, 0.25) is 0 Å². The average Bonchev–Trinajstić information content (AvgIpc) is 2.51. The third-order valence-electron chi connectivity index (χ3n) is 3.79. The maximum atomic E-state index is 12.3. The molecule has 0 N–H and O–H groups in total. The second kappa shape index (κ2) is 6.64. The molecule has 0 aromatic carbocycles. The van der Waals surface area contributed by atoms with E-state index < -0.39 is 5.97 Å². The van der Waals surface area contributed by atoms with Crippen LogP contribution in [0.3, 0.4) is 0 Å². The number of aromatic nitrogens is 3.